The minimum absolute atomic E-state index is 0.0623. The fourth-order valence-corrected chi connectivity index (χ4v) is 2.53. The van der Waals surface area contributed by atoms with E-state index in [-0.39, 0.29) is 11.9 Å². The lowest BCUT2D eigenvalue weighted by atomic mass is 10.1. The molecule has 1 fully saturated rings. The molecule has 3 rings (SSSR count). The summed E-state index contributed by atoms with van der Waals surface area (Å²) in [5.41, 5.74) is 1.37. The van der Waals surface area contributed by atoms with E-state index in [2.05, 4.69) is 22.2 Å². The minimum Gasteiger partial charge on any atom is -0.377 e. The predicted molar refractivity (Wildman–Crippen MR) is 75.7 cm³/mol. The van der Waals surface area contributed by atoms with E-state index in [1.165, 1.54) is 0 Å². The molecule has 1 N–H and O–H groups in total. The van der Waals surface area contributed by atoms with E-state index < -0.39 is 0 Å². The average molecular weight is 289 g/mol. The standard InChI is InChI=1S/C14H19N5O2/c1-2-6-18-7-4-12(17-18)14(20)19-8-9-21-10-13(19)11-3-5-15-16-11/h3-5,7,13H,2,6,8-10H2,1H3,(H,15,16)/t13-/m0/s1. The van der Waals surface area contributed by atoms with Gasteiger partial charge in [0.15, 0.2) is 0 Å². The van der Waals surface area contributed by atoms with Crippen molar-refractivity contribution < 1.29 is 9.53 Å². The van der Waals surface area contributed by atoms with E-state index in [9.17, 15) is 4.79 Å². The molecule has 0 aromatic carbocycles. The van der Waals surface area contributed by atoms with Crippen molar-refractivity contribution in [1.82, 2.24) is 24.9 Å². The molecular formula is C14H19N5O2. The smallest absolute Gasteiger partial charge is 0.275 e. The van der Waals surface area contributed by atoms with E-state index >= 15 is 0 Å². The van der Waals surface area contributed by atoms with Crippen LogP contribution in [0.5, 0.6) is 0 Å². The Bertz CT molecular complexity index is 592. The molecule has 1 atom stereocenters. The SMILES string of the molecule is CCCn1ccc(C(=O)N2CCOC[C@H]2c2ccn[nH]2)n1. The number of morpholine rings is 1. The quantitative estimate of drug-likeness (QED) is 0.918. The van der Waals surface area contributed by atoms with Crippen molar-refractivity contribution in [3.63, 3.8) is 0 Å². The third kappa shape index (κ3) is 2.82. The van der Waals surface area contributed by atoms with Gasteiger partial charge < -0.3 is 9.64 Å². The summed E-state index contributed by atoms with van der Waals surface area (Å²) in [6, 6.07) is 3.51. The van der Waals surface area contributed by atoms with Crippen molar-refractivity contribution in [2.24, 2.45) is 0 Å². The summed E-state index contributed by atoms with van der Waals surface area (Å²) < 4.78 is 7.30. The molecule has 1 aliphatic rings. The highest BCUT2D eigenvalue weighted by Gasteiger charge is 2.31. The van der Waals surface area contributed by atoms with E-state index in [1.54, 1.807) is 21.8 Å². The molecule has 0 radical (unpaired) electrons. The van der Waals surface area contributed by atoms with Gasteiger partial charge in [0.25, 0.3) is 5.91 Å². The Kier molecular flexibility index (Phi) is 4.01. The molecule has 0 aliphatic carbocycles. The largest absolute Gasteiger partial charge is 0.377 e. The monoisotopic (exact) mass is 289 g/mol. The summed E-state index contributed by atoms with van der Waals surface area (Å²) in [4.78, 5) is 14.5. The molecule has 0 saturated carbocycles. The molecule has 7 nitrogen and oxygen atoms in total. The van der Waals surface area contributed by atoms with Crippen LogP contribution < -0.4 is 0 Å². The van der Waals surface area contributed by atoms with E-state index in [0.29, 0.717) is 25.5 Å². The first-order chi connectivity index (χ1) is 10.3. The van der Waals surface area contributed by atoms with Gasteiger partial charge in [0.1, 0.15) is 5.69 Å². The Labute approximate surface area is 122 Å². The Morgan fingerprint density at radius 3 is 3.19 bits per heavy atom. The number of carbonyl (C=O) groups is 1. The number of nitrogens with zero attached hydrogens (tertiary/aromatic N) is 4. The van der Waals surface area contributed by atoms with Crippen LogP contribution in [0.2, 0.25) is 0 Å². The Morgan fingerprint density at radius 1 is 1.52 bits per heavy atom. The maximum Gasteiger partial charge on any atom is 0.275 e. The molecule has 1 saturated heterocycles. The van der Waals surface area contributed by atoms with Gasteiger partial charge in [0, 0.05) is 25.5 Å². The number of aromatic amines is 1. The number of ether oxygens (including phenoxy) is 1. The molecule has 0 unspecified atom stereocenters. The average Bonchev–Trinajstić information content (AvgIpc) is 3.18. The molecule has 21 heavy (non-hydrogen) atoms. The highest BCUT2D eigenvalue weighted by atomic mass is 16.5. The second kappa shape index (κ2) is 6.09. The number of amides is 1. The van der Waals surface area contributed by atoms with Gasteiger partial charge in [-0.25, -0.2) is 0 Å². The number of nitrogens with one attached hydrogen (secondary N) is 1. The van der Waals surface area contributed by atoms with Crippen LogP contribution in [0.15, 0.2) is 24.5 Å². The van der Waals surface area contributed by atoms with Crippen LogP contribution in [0.3, 0.4) is 0 Å². The van der Waals surface area contributed by atoms with Gasteiger partial charge in [-0.3, -0.25) is 14.6 Å². The topological polar surface area (TPSA) is 76.0 Å². The van der Waals surface area contributed by atoms with Crippen LogP contribution in [-0.2, 0) is 11.3 Å². The third-order valence-electron chi connectivity index (χ3n) is 3.58. The zero-order chi connectivity index (χ0) is 14.7. The van der Waals surface area contributed by atoms with E-state index in [4.69, 9.17) is 4.74 Å². The summed E-state index contributed by atoms with van der Waals surface area (Å²) in [7, 11) is 0. The summed E-state index contributed by atoms with van der Waals surface area (Å²) >= 11 is 0. The molecule has 2 aromatic heterocycles. The van der Waals surface area contributed by atoms with Crippen molar-refractivity contribution in [1.29, 1.82) is 0 Å². The van der Waals surface area contributed by atoms with Crippen LogP contribution in [-0.4, -0.2) is 50.5 Å². The van der Waals surface area contributed by atoms with Crippen molar-refractivity contribution in [3.05, 3.63) is 35.9 Å². The summed E-state index contributed by atoms with van der Waals surface area (Å²) in [5.74, 6) is -0.0623. The van der Waals surface area contributed by atoms with Gasteiger partial charge in [-0.15, -0.1) is 0 Å². The molecule has 0 bridgehead atoms. The van der Waals surface area contributed by atoms with E-state index in [1.807, 2.05) is 12.3 Å². The lowest BCUT2D eigenvalue weighted by Crippen LogP contribution is -2.43. The van der Waals surface area contributed by atoms with E-state index in [0.717, 1.165) is 18.7 Å². The van der Waals surface area contributed by atoms with Crippen molar-refractivity contribution >= 4 is 5.91 Å². The maximum atomic E-state index is 12.7. The normalized spacial score (nSPS) is 18.9. The van der Waals surface area contributed by atoms with Crippen LogP contribution in [0.25, 0.3) is 0 Å². The molecule has 2 aromatic rings. The third-order valence-corrected chi connectivity index (χ3v) is 3.58. The Balaban J connectivity index is 1.80. The number of rotatable bonds is 4. The zero-order valence-corrected chi connectivity index (χ0v) is 12.0. The van der Waals surface area contributed by atoms with Crippen molar-refractivity contribution in [2.75, 3.05) is 19.8 Å². The van der Waals surface area contributed by atoms with Crippen LogP contribution in [0.4, 0.5) is 0 Å². The maximum absolute atomic E-state index is 12.7. The van der Waals surface area contributed by atoms with Gasteiger partial charge in [0.2, 0.25) is 0 Å². The van der Waals surface area contributed by atoms with Crippen molar-refractivity contribution in [3.8, 4) is 0 Å². The van der Waals surface area contributed by atoms with Crippen molar-refractivity contribution in [2.45, 2.75) is 25.9 Å². The zero-order valence-electron chi connectivity index (χ0n) is 12.0. The van der Waals surface area contributed by atoms with Gasteiger partial charge >= 0.3 is 0 Å². The number of carbonyl (C=O) groups excluding carboxylic acids is 1. The summed E-state index contributed by atoms with van der Waals surface area (Å²) in [6.45, 7) is 4.48. The molecule has 0 spiro atoms. The Morgan fingerprint density at radius 2 is 2.43 bits per heavy atom. The first kappa shape index (κ1) is 13.8. The fraction of sp³-hybridized carbons (Fsp3) is 0.500. The summed E-state index contributed by atoms with van der Waals surface area (Å²) in [6.07, 6.45) is 4.52. The molecule has 7 heteroatoms. The summed E-state index contributed by atoms with van der Waals surface area (Å²) in [5, 5.41) is 11.2. The van der Waals surface area contributed by atoms with Gasteiger partial charge in [0.05, 0.1) is 24.9 Å². The van der Waals surface area contributed by atoms with Crippen LogP contribution in [0.1, 0.15) is 35.6 Å². The van der Waals surface area contributed by atoms with Crippen LogP contribution >= 0.6 is 0 Å². The molecule has 3 heterocycles. The lowest BCUT2D eigenvalue weighted by Gasteiger charge is -2.34. The predicted octanol–water partition coefficient (Wildman–Crippen LogP) is 1.23. The number of hydrogen-bond acceptors (Lipinski definition) is 4. The molecule has 112 valence electrons. The minimum atomic E-state index is -0.134. The highest BCUT2D eigenvalue weighted by Crippen LogP contribution is 2.23. The number of H-pyrrole nitrogens is 1. The van der Waals surface area contributed by atoms with Gasteiger partial charge in [-0.05, 0) is 18.6 Å². The molecular weight excluding hydrogens is 270 g/mol. The van der Waals surface area contributed by atoms with Gasteiger partial charge in [-0.1, -0.05) is 6.92 Å². The molecule has 1 amide bonds. The Hall–Kier alpha value is -2.15. The number of hydrogen-bond donors (Lipinski definition) is 1. The second-order valence-corrected chi connectivity index (χ2v) is 5.07. The lowest BCUT2D eigenvalue weighted by molar-refractivity contribution is -0.00426. The number of aromatic nitrogens is 4. The van der Waals surface area contributed by atoms with Gasteiger partial charge in [-0.2, -0.15) is 10.2 Å². The number of aryl methyl sites for hydroxylation is 1. The fourth-order valence-electron chi connectivity index (χ4n) is 2.53. The molecule has 1 aliphatic heterocycles. The second-order valence-electron chi connectivity index (χ2n) is 5.07. The first-order valence-electron chi connectivity index (χ1n) is 7.21. The first-order valence-corrected chi connectivity index (χ1v) is 7.21. The highest BCUT2D eigenvalue weighted by molar-refractivity contribution is 5.92. The van der Waals surface area contributed by atoms with Crippen LogP contribution in [0, 0.1) is 0 Å².